The Bertz CT molecular complexity index is 624. The maximum atomic E-state index is 4.46. The van der Waals surface area contributed by atoms with Crippen LogP contribution in [0.4, 0.5) is 0 Å². The van der Waals surface area contributed by atoms with E-state index in [2.05, 4.69) is 45.7 Å². The normalized spacial score (nSPS) is 11.1. The monoisotopic (exact) mass is 229 g/mol. The molecule has 1 aromatic carbocycles. The number of H-pyrrole nitrogens is 1. The van der Waals surface area contributed by atoms with Crippen molar-refractivity contribution in [1.29, 1.82) is 0 Å². The van der Waals surface area contributed by atoms with Crippen LogP contribution in [0, 0.1) is 0 Å². The third kappa shape index (κ3) is 1.42. The Morgan fingerprint density at radius 3 is 3.00 bits per heavy atom. The zero-order chi connectivity index (χ0) is 11.0. The van der Waals surface area contributed by atoms with Crippen LogP contribution in [0.1, 0.15) is 12.7 Å². The molecular formula is C12H11N3S. The molecule has 2 heterocycles. The van der Waals surface area contributed by atoms with E-state index in [1.807, 2.05) is 6.07 Å². The fourth-order valence-corrected chi connectivity index (χ4v) is 2.66. The highest BCUT2D eigenvalue weighted by atomic mass is 32.1. The fourth-order valence-electron chi connectivity index (χ4n) is 1.72. The van der Waals surface area contributed by atoms with Crippen LogP contribution < -0.4 is 0 Å². The molecule has 2 aromatic heterocycles. The molecule has 4 heteroatoms. The van der Waals surface area contributed by atoms with Crippen LogP contribution >= 0.6 is 11.3 Å². The second-order valence-electron chi connectivity index (χ2n) is 3.60. The van der Waals surface area contributed by atoms with Crippen LogP contribution in [0.15, 0.2) is 29.6 Å². The Balaban J connectivity index is 2.18. The van der Waals surface area contributed by atoms with E-state index in [4.69, 9.17) is 0 Å². The quantitative estimate of drug-likeness (QED) is 0.733. The highest BCUT2D eigenvalue weighted by Gasteiger charge is 2.10. The third-order valence-electron chi connectivity index (χ3n) is 2.59. The van der Waals surface area contributed by atoms with Crippen molar-refractivity contribution in [2.24, 2.45) is 0 Å². The highest BCUT2D eigenvalue weighted by Crippen LogP contribution is 2.31. The Kier molecular flexibility index (Phi) is 2.22. The Labute approximate surface area is 97.2 Å². The number of fused-ring (bicyclic) bond motifs is 1. The van der Waals surface area contributed by atoms with Gasteiger partial charge >= 0.3 is 0 Å². The van der Waals surface area contributed by atoms with Gasteiger partial charge in [0.15, 0.2) is 5.82 Å². The zero-order valence-corrected chi connectivity index (χ0v) is 9.71. The average molecular weight is 229 g/mol. The summed E-state index contributed by atoms with van der Waals surface area (Å²) in [6, 6.07) is 8.34. The van der Waals surface area contributed by atoms with Gasteiger partial charge in [-0.05, 0) is 6.07 Å². The van der Waals surface area contributed by atoms with Crippen LogP contribution in [-0.4, -0.2) is 15.2 Å². The molecule has 1 N–H and O–H groups in total. The van der Waals surface area contributed by atoms with Gasteiger partial charge in [0, 0.05) is 27.5 Å². The summed E-state index contributed by atoms with van der Waals surface area (Å²) in [5, 5.41) is 10.6. The summed E-state index contributed by atoms with van der Waals surface area (Å²) in [5.74, 6) is 1.74. The number of aryl methyl sites for hydroxylation is 1. The van der Waals surface area contributed by atoms with Gasteiger partial charge in [-0.1, -0.05) is 25.1 Å². The Hall–Kier alpha value is -1.68. The minimum Gasteiger partial charge on any atom is -0.263 e. The molecule has 3 aromatic rings. The first-order valence-corrected chi connectivity index (χ1v) is 6.14. The standard InChI is InChI=1S/C12H11N3S/c1-2-11-13-12(15-14-11)9-7-16-10-6-4-3-5-8(9)10/h3-7H,2H2,1H3,(H,13,14,15). The minimum absolute atomic E-state index is 0.800. The first kappa shape index (κ1) is 9.54. The van der Waals surface area contributed by atoms with E-state index in [1.54, 1.807) is 11.3 Å². The second kappa shape index (κ2) is 3.72. The first-order valence-electron chi connectivity index (χ1n) is 5.26. The molecule has 0 atom stereocenters. The van der Waals surface area contributed by atoms with Gasteiger partial charge in [-0.25, -0.2) is 4.98 Å². The molecule has 0 spiro atoms. The van der Waals surface area contributed by atoms with Crippen molar-refractivity contribution in [3.63, 3.8) is 0 Å². The highest BCUT2D eigenvalue weighted by molar-refractivity contribution is 7.17. The predicted octanol–water partition coefficient (Wildman–Crippen LogP) is 3.25. The van der Waals surface area contributed by atoms with Crippen LogP contribution in [0.3, 0.4) is 0 Å². The lowest BCUT2D eigenvalue weighted by Crippen LogP contribution is -1.81. The number of benzene rings is 1. The molecule has 16 heavy (non-hydrogen) atoms. The number of rotatable bonds is 2. The van der Waals surface area contributed by atoms with Crippen LogP contribution in [0.25, 0.3) is 21.5 Å². The van der Waals surface area contributed by atoms with Crippen molar-refractivity contribution in [1.82, 2.24) is 15.2 Å². The van der Waals surface area contributed by atoms with Gasteiger partial charge in [-0.15, -0.1) is 11.3 Å². The van der Waals surface area contributed by atoms with Gasteiger partial charge in [0.05, 0.1) is 0 Å². The molecule has 0 bridgehead atoms. The van der Waals surface area contributed by atoms with E-state index >= 15 is 0 Å². The molecule has 3 rings (SSSR count). The molecule has 0 saturated carbocycles. The van der Waals surface area contributed by atoms with Crippen LogP contribution in [0.5, 0.6) is 0 Å². The lowest BCUT2D eigenvalue weighted by atomic mass is 10.2. The molecule has 3 nitrogen and oxygen atoms in total. The largest absolute Gasteiger partial charge is 0.263 e. The van der Waals surface area contributed by atoms with Gasteiger partial charge < -0.3 is 0 Å². The van der Waals surface area contributed by atoms with Gasteiger partial charge in [-0.2, -0.15) is 5.10 Å². The molecule has 0 saturated heterocycles. The number of nitrogens with zero attached hydrogens (tertiary/aromatic N) is 2. The van der Waals surface area contributed by atoms with Crippen molar-refractivity contribution in [2.75, 3.05) is 0 Å². The maximum Gasteiger partial charge on any atom is 0.182 e. The van der Waals surface area contributed by atoms with Gasteiger partial charge in [0.25, 0.3) is 0 Å². The minimum atomic E-state index is 0.800. The smallest absolute Gasteiger partial charge is 0.182 e. The van der Waals surface area contributed by atoms with E-state index < -0.39 is 0 Å². The molecule has 0 amide bonds. The van der Waals surface area contributed by atoms with Crippen LogP contribution in [0.2, 0.25) is 0 Å². The van der Waals surface area contributed by atoms with Gasteiger partial charge in [0.1, 0.15) is 5.82 Å². The van der Waals surface area contributed by atoms with Gasteiger partial charge in [-0.3, -0.25) is 5.10 Å². The third-order valence-corrected chi connectivity index (χ3v) is 3.55. The Morgan fingerprint density at radius 2 is 2.19 bits per heavy atom. The molecule has 0 aliphatic carbocycles. The molecule has 0 radical (unpaired) electrons. The molecular weight excluding hydrogens is 218 g/mol. The number of nitrogens with one attached hydrogen (secondary N) is 1. The van der Waals surface area contributed by atoms with Gasteiger partial charge in [0.2, 0.25) is 0 Å². The SMILES string of the molecule is CCc1nc(-c2csc3ccccc23)n[nH]1. The van der Waals surface area contributed by atoms with Crippen molar-refractivity contribution in [2.45, 2.75) is 13.3 Å². The van der Waals surface area contributed by atoms with Crippen molar-refractivity contribution in [3.8, 4) is 11.4 Å². The van der Waals surface area contributed by atoms with E-state index in [-0.39, 0.29) is 0 Å². The number of hydrogen-bond donors (Lipinski definition) is 1. The van der Waals surface area contributed by atoms with Crippen molar-refractivity contribution < 1.29 is 0 Å². The first-order chi connectivity index (χ1) is 7.88. The number of thiophene rings is 1. The summed E-state index contributed by atoms with van der Waals surface area (Å²) < 4.78 is 1.28. The maximum absolute atomic E-state index is 4.46. The van der Waals surface area contributed by atoms with Crippen molar-refractivity contribution >= 4 is 21.4 Å². The molecule has 0 fully saturated rings. The lowest BCUT2D eigenvalue weighted by Gasteiger charge is -1.91. The lowest BCUT2D eigenvalue weighted by molar-refractivity contribution is 0.946. The Morgan fingerprint density at radius 1 is 1.31 bits per heavy atom. The van der Waals surface area contributed by atoms with E-state index in [0.29, 0.717) is 0 Å². The summed E-state index contributed by atoms with van der Waals surface area (Å²) in [5.41, 5.74) is 1.12. The summed E-state index contributed by atoms with van der Waals surface area (Å²) in [6.07, 6.45) is 0.884. The number of aromatic nitrogens is 3. The zero-order valence-electron chi connectivity index (χ0n) is 8.90. The van der Waals surface area contributed by atoms with E-state index in [0.717, 1.165) is 23.6 Å². The fraction of sp³-hybridized carbons (Fsp3) is 0.167. The van der Waals surface area contributed by atoms with E-state index in [1.165, 1.54) is 10.1 Å². The molecule has 0 unspecified atom stereocenters. The molecule has 80 valence electrons. The van der Waals surface area contributed by atoms with E-state index in [9.17, 15) is 0 Å². The topological polar surface area (TPSA) is 41.6 Å². The number of hydrogen-bond acceptors (Lipinski definition) is 3. The summed E-state index contributed by atoms with van der Waals surface area (Å²) >= 11 is 1.73. The van der Waals surface area contributed by atoms with Crippen molar-refractivity contribution in [3.05, 3.63) is 35.5 Å². The molecule has 0 aliphatic rings. The summed E-state index contributed by atoms with van der Waals surface area (Å²) in [6.45, 7) is 2.07. The average Bonchev–Trinajstić information content (AvgIpc) is 2.94. The summed E-state index contributed by atoms with van der Waals surface area (Å²) in [7, 11) is 0. The summed E-state index contributed by atoms with van der Waals surface area (Å²) in [4.78, 5) is 4.46. The predicted molar refractivity (Wildman–Crippen MR) is 66.6 cm³/mol. The van der Waals surface area contributed by atoms with Crippen LogP contribution in [-0.2, 0) is 6.42 Å². The number of aromatic amines is 1. The molecule has 0 aliphatic heterocycles. The second-order valence-corrected chi connectivity index (χ2v) is 4.52.